The van der Waals surface area contributed by atoms with Crippen LogP contribution >= 0.6 is 24.0 Å². The van der Waals surface area contributed by atoms with E-state index in [-0.39, 0.29) is 24.0 Å². The van der Waals surface area contributed by atoms with E-state index in [1.54, 1.807) is 7.11 Å². The van der Waals surface area contributed by atoms with Gasteiger partial charge in [-0.25, -0.2) is 0 Å². The largest absolute Gasteiger partial charge is 0.385 e. The van der Waals surface area contributed by atoms with Crippen LogP contribution in [0.15, 0.2) is 4.99 Å². The SMILES string of the molecule is CCNC(=NCC1(CCOC)CCC1)NC1CC1C.I. The lowest BCUT2D eigenvalue weighted by atomic mass is 9.67. The van der Waals surface area contributed by atoms with Crippen molar-refractivity contribution in [1.82, 2.24) is 10.6 Å². The van der Waals surface area contributed by atoms with Crippen LogP contribution in [0.1, 0.15) is 46.0 Å². The van der Waals surface area contributed by atoms with E-state index in [0.717, 1.165) is 38.0 Å². The number of halogens is 1. The second kappa shape index (κ2) is 8.41. The number of methoxy groups -OCH3 is 1. The molecule has 0 aromatic rings. The Balaban J connectivity index is 0.00000200. The van der Waals surface area contributed by atoms with Crippen molar-refractivity contribution in [1.29, 1.82) is 0 Å². The van der Waals surface area contributed by atoms with E-state index in [9.17, 15) is 0 Å². The average molecular weight is 395 g/mol. The number of rotatable bonds is 7. The Hall–Kier alpha value is -0.0400. The number of hydrogen-bond acceptors (Lipinski definition) is 2. The molecule has 0 aromatic carbocycles. The van der Waals surface area contributed by atoms with Gasteiger partial charge in [-0.2, -0.15) is 0 Å². The molecule has 2 unspecified atom stereocenters. The van der Waals surface area contributed by atoms with Crippen molar-refractivity contribution in [2.45, 2.75) is 52.0 Å². The molecule has 0 aliphatic heterocycles. The Morgan fingerprint density at radius 3 is 2.55 bits per heavy atom. The van der Waals surface area contributed by atoms with Crippen LogP contribution in [0.25, 0.3) is 0 Å². The molecule has 2 rings (SSSR count). The minimum absolute atomic E-state index is 0. The van der Waals surface area contributed by atoms with Gasteiger partial charge >= 0.3 is 0 Å². The number of nitrogens with zero attached hydrogens (tertiary/aromatic N) is 1. The van der Waals surface area contributed by atoms with Gasteiger partial charge < -0.3 is 15.4 Å². The van der Waals surface area contributed by atoms with Gasteiger partial charge in [0, 0.05) is 32.8 Å². The second-order valence-electron chi connectivity index (χ2n) is 6.26. The summed E-state index contributed by atoms with van der Waals surface area (Å²) >= 11 is 0. The summed E-state index contributed by atoms with van der Waals surface area (Å²) in [5.41, 5.74) is 0.410. The van der Waals surface area contributed by atoms with Crippen molar-refractivity contribution < 1.29 is 4.74 Å². The summed E-state index contributed by atoms with van der Waals surface area (Å²) in [4.78, 5) is 4.81. The smallest absolute Gasteiger partial charge is 0.191 e. The lowest BCUT2D eigenvalue weighted by molar-refractivity contribution is 0.0778. The van der Waals surface area contributed by atoms with Crippen LogP contribution in [0.3, 0.4) is 0 Å². The molecular formula is C15H30IN3O. The van der Waals surface area contributed by atoms with E-state index >= 15 is 0 Å². The van der Waals surface area contributed by atoms with Crippen molar-refractivity contribution in [3.8, 4) is 0 Å². The van der Waals surface area contributed by atoms with Crippen molar-refractivity contribution >= 4 is 29.9 Å². The van der Waals surface area contributed by atoms with Gasteiger partial charge in [0.05, 0.1) is 0 Å². The molecule has 2 N–H and O–H groups in total. The Kier molecular flexibility index (Phi) is 7.58. The highest BCUT2D eigenvalue weighted by Crippen LogP contribution is 2.44. The molecule has 0 heterocycles. The number of guanidine groups is 1. The fourth-order valence-electron chi connectivity index (χ4n) is 2.75. The topological polar surface area (TPSA) is 45.7 Å². The molecule has 2 fully saturated rings. The highest BCUT2D eigenvalue weighted by atomic mass is 127. The van der Waals surface area contributed by atoms with Gasteiger partial charge in [0.2, 0.25) is 0 Å². The molecule has 0 aromatic heterocycles. The molecule has 0 saturated heterocycles. The second-order valence-corrected chi connectivity index (χ2v) is 6.26. The first-order chi connectivity index (χ1) is 9.19. The summed E-state index contributed by atoms with van der Waals surface area (Å²) < 4.78 is 5.24. The first-order valence-corrected chi connectivity index (χ1v) is 7.73. The number of hydrogen-bond donors (Lipinski definition) is 2. The number of aliphatic imine (C=N–C) groups is 1. The summed E-state index contributed by atoms with van der Waals surface area (Å²) in [5, 5.41) is 6.89. The lowest BCUT2D eigenvalue weighted by Crippen LogP contribution is -2.41. The summed E-state index contributed by atoms with van der Waals surface area (Å²) in [7, 11) is 1.79. The highest BCUT2D eigenvalue weighted by molar-refractivity contribution is 14.0. The van der Waals surface area contributed by atoms with Gasteiger partial charge in [-0.3, -0.25) is 4.99 Å². The van der Waals surface area contributed by atoms with E-state index in [0.29, 0.717) is 11.5 Å². The van der Waals surface area contributed by atoms with Crippen LogP contribution in [-0.4, -0.2) is 38.8 Å². The van der Waals surface area contributed by atoms with Crippen LogP contribution < -0.4 is 10.6 Å². The quantitative estimate of drug-likeness (QED) is 0.396. The van der Waals surface area contributed by atoms with E-state index in [1.165, 1.54) is 25.7 Å². The van der Waals surface area contributed by atoms with Crippen LogP contribution in [0.5, 0.6) is 0 Å². The molecule has 0 bridgehead atoms. The molecule has 0 radical (unpaired) electrons. The Morgan fingerprint density at radius 1 is 1.40 bits per heavy atom. The van der Waals surface area contributed by atoms with Gasteiger partial charge in [-0.1, -0.05) is 13.3 Å². The van der Waals surface area contributed by atoms with Gasteiger partial charge in [0.25, 0.3) is 0 Å². The molecule has 2 atom stereocenters. The summed E-state index contributed by atoms with van der Waals surface area (Å²) in [5.74, 6) is 1.80. The fraction of sp³-hybridized carbons (Fsp3) is 0.933. The van der Waals surface area contributed by atoms with E-state index in [1.807, 2.05) is 0 Å². The van der Waals surface area contributed by atoms with Crippen molar-refractivity contribution in [2.24, 2.45) is 16.3 Å². The molecule has 0 amide bonds. The highest BCUT2D eigenvalue weighted by Gasteiger charge is 2.37. The molecule has 0 spiro atoms. The third-order valence-corrected chi connectivity index (χ3v) is 4.60. The third-order valence-electron chi connectivity index (χ3n) is 4.60. The van der Waals surface area contributed by atoms with Gasteiger partial charge in [0.15, 0.2) is 5.96 Å². The molecule has 20 heavy (non-hydrogen) atoms. The predicted octanol–water partition coefficient (Wildman–Crippen LogP) is 2.77. The summed E-state index contributed by atoms with van der Waals surface area (Å²) in [6.07, 6.45) is 6.38. The zero-order chi connectivity index (χ0) is 13.7. The molecule has 118 valence electrons. The number of ether oxygens (including phenoxy) is 1. The third kappa shape index (κ3) is 5.06. The first kappa shape index (κ1) is 18.0. The minimum Gasteiger partial charge on any atom is -0.385 e. The summed E-state index contributed by atoms with van der Waals surface area (Å²) in [6.45, 7) is 7.13. The zero-order valence-electron chi connectivity index (χ0n) is 13.1. The zero-order valence-corrected chi connectivity index (χ0v) is 15.4. The average Bonchev–Trinajstić information content (AvgIpc) is 3.03. The molecule has 5 heteroatoms. The maximum atomic E-state index is 5.24. The van der Waals surface area contributed by atoms with Crippen LogP contribution in [0.2, 0.25) is 0 Å². The first-order valence-electron chi connectivity index (χ1n) is 7.73. The maximum Gasteiger partial charge on any atom is 0.191 e. The molecule has 4 nitrogen and oxygen atoms in total. The standard InChI is InChI=1S/C15H29N3O.HI/c1-4-16-14(18-13-10-12(13)2)17-11-15(6-5-7-15)8-9-19-3;/h12-13H,4-11H2,1-3H3,(H2,16,17,18);1H. The van der Waals surface area contributed by atoms with Crippen molar-refractivity contribution in [3.05, 3.63) is 0 Å². The van der Waals surface area contributed by atoms with Crippen LogP contribution in [0, 0.1) is 11.3 Å². The molecular weight excluding hydrogens is 365 g/mol. The van der Waals surface area contributed by atoms with Gasteiger partial charge in [0.1, 0.15) is 0 Å². The van der Waals surface area contributed by atoms with Crippen molar-refractivity contribution in [3.63, 3.8) is 0 Å². The maximum absolute atomic E-state index is 5.24. The Morgan fingerprint density at radius 2 is 2.10 bits per heavy atom. The molecule has 2 saturated carbocycles. The van der Waals surface area contributed by atoms with E-state index in [2.05, 4.69) is 24.5 Å². The Bertz CT molecular complexity index is 318. The van der Waals surface area contributed by atoms with Crippen LogP contribution in [0.4, 0.5) is 0 Å². The van der Waals surface area contributed by atoms with Crippen LogP contribution in [-0.2, 0) is 4.74 Å². The van der Waals surface area contributed by atoms with Gasteiger partial charge in [-0.05, 0) is 43.9 Å². The Labute approximate surface area is 140 Å². The normalized spacial score (nSPS) is 27.2. The monoisotopic (exact) mass is 395 g/mol. The minimum atomic E-state index is 0. The van der Waals surface area contributed by atoms with E-state index in [4.69, 9.17) is 9.73 Å². The molecule has 2 aliphatic carbocycles. The number of nitrogens with one attached hydrogen (secondary N) is 2. The fourth-order valence-corrected chi connectivity index (χ4v) is 2.75. The lowest BCUT2D eigenvalue weighted by Gasteiger charge is -2.40. The van der Waals surface area contributed by atoms with Crippen molar-refractivity contribution in [2.75, 3.05) is 26.8 Å². The summed E-state index contributed by atoms with van der Waals surface area (Å²) in [6, 6.07) is 0.633. The van der Waals surface area contributed by atoms with Gasteiger partial charge in [-0.15, -0.1) is 24.0 Å². The van der Waals surface area contributed by atoms with E-state index < -0.39 is 0 Å². The predicted molar refractivity (Wildman–Crippen MR) is 94.9 cm³/mol. The molecule has 2 aliphatic rings.